The maximum atomic E-state index is 14.7. The lowest BCUT2D eigenvalue weighted by Crippen LogP contribution is -2.60. The molecule has 0 radical (unpaired) electrons. The summed E-state index contributed by atoms with van der Waals surface area (Å²) < 4.78 is 45.7. The van der Waals surface area contributed by atoms with Gasteiger partial charge in [0.15, 0.2) is 0 Å². The number of aromatic nitrogens is 2. The van der Waals surface area contributed by atoms with Crippen LogP contribution in [0.2, 0.25) is 0 Å². The minimum atomic E-state index is -3.90. The minimum absolute atomic E-state index is 0.0245. The van der Waals surface area contributed by atoms with Gasteiger partial charge in [0.05, 0.1) is 29.9 Å². The van der Waals surface area contributed by atoms with Crippen LogP contribution in [0, 0.1) is 17.3 Å². The third-order valence-corrected chi connectivity index (χ3v) is 13.8. The van der Waals surface area contributed by atoms with Crippen LogP contribution >= 0.6 is 0 Å². The Hall–Kier alpha value is -4.47. The monoisotopic (exact) mass is 794 g/mol. The second-order valence-corrected chi connectivity index (χ2v) is 19.1. The molecule has 15 nitrogen and oxygen atoms in total. The van der Waals surface area contributed by atoms with Gasteiger partial charge in [-0.2, -0.15) is 0 Å². The Labute approximate surface area is 328 Å². The van der Waals surface area contributed by atoms with Crippen molar-refractivity contribution in [2.45, 2.75) is 133 Å². The second kappa shape index (κ2) is 15.5. The van der Waals surface area contributed by atoms with Crippen LogP contribution in [-0.4, -0.2) is 95.8 Å². The van der Waals surface area contributed by atoms with Gasteiger partial charge in [-0.3, -0.25) is 19.1 Å². The first kappa shape index (κ1) is 39.8. The summed E-state index contributed by atoms with van der Waals surface area (Å²) in [5.74, 6) is -1.42. The summed E-state index contributed by atoms with van der Waals surface area (Å²) in [5, 5.41) is 5.03. The fraction of sp³-hybridized carbons (Fsp3) is 0.650. The highest BCUT2D eigenvalue weighted by Crippen LogP contribution is 2.46. The highest BCUT2D eigenvalue weighted by atomic mass is 32.2. The van der Waals surface area contributed by atoms with Gasteiger partial charge < -0.3 is 29.7 Å². The number of carbonyl (C=O) groups is 4. The van der Waals surface area contributed by atoms with Crippen molar-refractivity contribution in [1.29, 1.82) is 0 Å². The average molecular weight is 795 g/mol. The summed E-state index contributed by atoms with van der Waals surface area (Å²) in [6, 6.07) is 3.21. The molecule has 7 rings (SSSR count). The normalized spacial score (nSPS) is 30.0. The van der Waals surface area contributed by atoms with E-state index in [1.54, 1.807) is 13.2 Å². The predicted molar refractivity (Wildman–Crippen MR) is 206 cm³/mol. The molecule has 7 atom stereocenters. The molecule has 3 heterocycles. The molecule has 4 fully saturated rings. The Bertz CT molecular complexity index is 2000. The second-order valence-electron chi connectivity index (χ2n) is 17.2. The molecule has 5 aliphatic rings. The average Bonchev–Trinajstić information content (AvgIpc) is 4.04. The van der Waals surface area contributed by atoms with Gasteiger partial charge >= 0.3 is 6.09 Å². The van der Waals surface area contributed by atoms with E-state index in [1.165, 1.54) is 11.0 Å². The lowest BCUT2D eigenvalue weighted by Gasteiger charge is -2.35. The molecule has 1 saturated heterocycles. The molecule has 56 heavy (non-hydrogen) atoms. The van der Waals surface area contributed by atoms with Crippen LogP contribution in [0.15, 0.2) is 30.9 Å². The van der Waals surface area contributed by atoms with Gasteiger partial charge in [0.2, 0.25) is 27.7 Å². The molecule has 3 aliphatic carbocycles. The number of benzene rings is 1. The van der Waals surface area contributed by atoms with Gasteiger partial charge in [-0.1, -0.05) is 39.7 Å². The number of hydrogen-bond acceptors (Lipinski definition) is 11. The standard InChI is InChI=1S/C40H54N6O9S/c1-6-24-21-40(24,37(49)45-56(51,52)27-16-17-27)44-34(47)31-20-26-22-46(31)36(48)33(39(2,3)4)43-38(50)55-32-14-10-12-23(32)11-8-7-9-13-29-35(54-26)42-30-19-25(53-5)15-18-28(30)41-29/h6,15,18-19,23-24,26-27,31-33H,1,7-14,16-17,20-22H2,2-5H3,(H,43,50)(H,44,47)(H,45,49)/t23-,24-,26-,31+,32-,33?,40-/m1/s1. The van der Waals surface area contributed by atoms with Crippen LogP contribution in [0.3, 0.4) is 0 Å². The Morgan fingerprint density at radius 3 is 2.50 bits per heavy atom. The van der Waals surface area contributed by atoms with Crippen LogP contribution in [-0.2, 0) is 35.6 Å². The summed E-state index contributed by atoms with van der Waals surface area (Å²) in [4.78, 5) is 67.4. The Kier molecular flexibility index (Phi) is 11.0. The van der Waals surface area contributed by atoms with Gasteiger partial charge in [-0.15, -0.1) is 6.58 Å². The molecule has 1 aromatic carbocycles. The van der Waals surface area contributed by atoms with E-state index in [0.29, 0.717) is 47.6 Å². The summed E-state index contributed by atoms with van der Waals surface area (Å²) in [7, 11) is -2.33. The number of hydrogen-bond donors (Lipinski definition) is 3. The lowest BCUT2D eigenvalue weighted by molar-refractivity contribution is -0.143. The number of carbonyl (C=O) groups excluding carboxylic acids is 4. The van der Waals surface area contributed by atoms with Crippen molar-refractivity contribution in [3.05, 3.63) is 36.5 Å². The van der Waals surface area contributed by atoms with E-state index >= 15 is 0 Å². The zero-order valence-corrected chi connectivity index (χ0v) is 33.5. The summed E-state index contributed by atoms with van der Waals surface area (Å²) >= 11 is 0. The van der Waals surface area contributed by atoms with E-state index in [2.05, 4.69) is 21.9 Å². The van der Waals surface area contributed by atoms with E-state index in [9.17, 15) is 27.6 Å². The van der Waals surface area contributed by atoms with E-state index in [0.717, 1.165) is 44.9 Å². The summed E-state index contributed by atoms with van der Waals surface area (Å²) in [6.45, 7) is 9.23. The number of nitrogens with zero attached hydrogens (tertiary/aromatic N) is 3. The van der Waals surface area contributed by atoms with Gasteiger partial charge in [0, 0.05) is 18.4 Å². The topological polar surface area (TPSA) is 195 Å². The highest BCUT2D eigenvalue weighted by molar-refractivity contribution is 7.91. The molecular weight excluding hydrogens is 741 g/mol. The number of sulfonamides is 1. The molecule has 2 bridgehead atoms. The first-order chi connectivity index (χ1) is 26.6. The van der Waals surface area contributed by atoms with Gasteiger partial charge in [-0.05, 0) is 81.3 Å². The largest absolute Gasteiger partial charge is 0.497 e. The molecule has 3 N–H and O–H groups in total. The lowest BCUT2D eigenvalue weighted by atomic mass is 9.85. The number of nitrogens with one attached hydrogen (secondary N) is 3. The molecule has 0 spiro atoms. The molecular formula is C40H54N6O9S. The Morgan fingerprint density at radius 1 is 1.04 bits per heavy atom. The van der Waals surface area contributed by atoms with Crippen molar-refractivity contribution in [1.82, 2.24) is 30.2 Å². The Morgan fingerprint density at radius 2 is 1.80 bits per heavy atom. The van der Waals surface area contributed by atoms with Crippen LogP contribution in [0.4, 0.5) is 4.79 Å². The number of ether oxygens (including phenoxy) is 3. The first-order valence-corrected chi connectivity index (χ1v) is 21.5. The first-order valence-electron chi connectivity index (χ1n) is 19.9. The third-order valence-electron chi connectivity index (χ3n) is 12.0. The Balaban J connectivity index is 1.23. The summed E-state index contributed by atoms with van der Waals surface area (Å²) in [5.41, 5.74) is -0.452. The molecule has 304 valence electrons. The van der Waals surface area contributed by atoms with Gasteiger partial charge in [-0.25, -0.2) is 23.2 Å². The van der Waals surface area contributed by atoms with E-state index < -0.39 is 74.1 Å². The van der Waals surface area contributed by atoms with Gasteiger partial charge in [0.25, 0.3) is 5.91 Å². The van der Waals surface area contributed by atoms with Crippen molar-refractivity contribution in [3.8, 4) is 11.6 Å². The number of fused-ring (bicyclic) bond motifs is 5. The molecule has 1 aromatic heterocycles. The fourth-order valence-corrected chi connectivity index (χ4v) is 9.82. The van der Waals surface area contributed by atoms with Crippen molar-refractivity contribution in [2.24, 2.45) is 17.3 Å². The fourth-order valence-electron chi connectivity index (χ4n) is 8.46. The number of aryl methyl sites for hydroxylation is 1. The number of rotatable bonds is 7. The van der Waals surface area contributed by atoms with E-state index in [1.807, 2.05) is 32.9 Å². The maximum Gasteiger partial charge on any atom is 0.408 e. The van der Waals surface area contributed by atoms with Crippen molar-refractivity contribution >= 4 is 44.9 Å². The molecule has 3 saturated carbocycles. The van der Waals surface area contributed by atoms with Crippen LogP contribution in [0.25, 0.3) is 11.0 Å². The number of amides is 4. The van der Waals surface area contributed by atoms with Crippen molar-refractivity contribution in [2.75, 3.05) is 13.7 Å². The zero-order valence-electron chi connectivity index (χ0n) is 32.7. The summed E-state index contributed by atoms with van der Waals surface area (Å²) in [6.07, 6.45) is 7.81. The third kappa shape index (κ3) is 8.30. The van der Waals surface area contributed by atoms with Crippen molar-refractivity contribution < 1.29 is 41.8 Å². The van der Waals surface area contributed by atoms with Crippen molar-refractivity contribution in [3.63, 3.8) is 0 Å². The molecule has 16 heteroatoms. The minimum Gasteiger partial charge on any atom is -0.497 e. The van der Waals surface area contributed by atoms with Crippen LogP contribution in [0.1, 0.15) is 97.1 Å². The quantitative estimate of drug-likeness (QED) is 0.342. The smallest absolute Gasteiger partial charge is 0.408 e. The maximum absolute atomic E-state index is 14.7. The molecule has 2 aliphatic heterocycles. The number of alkyl carbamates (subject to hydrolysis) is 1. The molecule has 4 amide bonds. The molecule has 1 unspecified atom stereocenters. The predicted octanol–water partition coefficient (Wildman–Crippen LogP) is 4.08. The van der Waals surface area contributed by atoms with E-state index in [-0.39, 0.29) is 31.4 Å². The van der Waals surface area contributed by atoms with Gasteiger partial charge in [0.1, 0.15) is 41.3 Å². The van der Waals surface area contributed by atoms with Crippen LogP contribution < -0.4 is 24.8 Å². The zero-order chi connectivity index (χ0) is 40.0. The van der Waals surface area contributed by atoms with Crippen LogP contribution in [0.5, 0.6) is 11.6 Å². The number of methoxy groups -OCH3 is 1. The van der Waals surface area contributed by atoms with E-state index in [4.69, 9.17) is 24.2 Å². The highest BCUT2D eigenvalue weighted by Gasteiger charge is 2.62. The molecule has 2 aromatic rings. The SMILES string of the molecule is C=C[C@@H]1C[C@]1(NC(=O)[C@@H]1C[C@@H]2CN1C(=O)C(C(C)(C)C)NC(=O)O[C@@H]1CCC[C@H]1CCCCCc1nc3ccc(OC)cc3nc1O2)C(=O)NS(=O)(=O)C1CC1.